The lowest BCUT2D eigenvalue weighted by atomic mass is 10.0. The Morgan fingerprint density at radius 2 is 1.57 bits per heavy atom. The zero-order valence-corrected chi connectivity index (χ0v) is 13.6. The minimum atomic E-state index is 0.651. The molecule has 0 spiro atoms. The third-order valence-corrected chi connectivity index (χ3v) is 5.34. The molecule has 23 heavy (non-hydrogen) atoms. The van der Waals surface area contributed by atoms with Gasteiger partial charge in [0.05, 0.1) is 0 Å². The van der Waals surface area contributed by atoms with E-state index in [1.165, 1.54) is 55.3 Å². The van der Waals surface area contributed by atoms with Crippen LogP contribution in [0.3, 0.4) is 0 Å². The number of hydrogen-bond donors (Lipinski definition) is 0. The van der Waals surface area contributed by atoms with E-state index in [4.69, 9.17) is 0 Å². The van der Waals surface area contributed by atoms with E-state index >= 15 is 0 Å². The van der Waals surface area contributed by atoms with Crippen molar-refractivity contribution in [3.63, 3.8) is 0 Å². The lowest BCUT2D eigenvalue weighted by molar-refractivity contribution is 0.150. The molecular weight excluding hydrogens is 280 g/mol. The van der Waals surface area contributed by atoms with Crippen molar-refractivity contribution in [3.05, 3.63) is 65.5 Å². The fraction of sp³-hybridized carbons (Fsp3) is 0.381. The van der Waals surface area contributed by atoms with Gasteiger partial charge in [-0.05, 0) is 61.1 Å². The molecule has 2 aliphatic heterocycles. The van der Waals surface area contributed by atoms with Crippen LogP contribution in [0.2, 0.25) is 0 Å². The molecule has 1 aromatic heterocycles. The van der Waals surface area contributed by atoms with E-state index in [1.54, 1.807) is 0 Å². The number of rotatable bonds is 3. The first kappa shape index (κ1) is 14.6. The van der Waals surface area contributed by atoms with E-state index in [0.717, 1.165) is 6.04 Å². The normalized spacial score (nSPS) is 24.9. The Morgan fingerprint density at radius 3 is 2.35 bits per heavy atom. The highest BCUT2D eigenvalue weighted by atomic mass is 15.2. The van der Waals surface area contributed by atoms with Gasteiger partial charge in [-0.3, -0.25) is 9.88 Å². The van der Waals surface area contributed by atoms with Gasteiger partial charge >= 0.3 is 0 Å². The molecule has 2 heteroatoms. The molecule has 0 amide bonds. The van der Waals surface area contributed by atoms with Crippen LogP contribution in [-0.2, 0) is 0 Å². The van der Waals surface area contributed by atoms with Gasteiger partial charge in [0.15, 0.2) is 0 Å². The molecule has 2 saturated heterocycles. The number of piperidine rings is 1. The molecule has 2 atom stereocenters. The van der Waals surface area contributed by atoms with E-state index in [1.807, 2.05) is 24.5 Å². The fourth-order valence-electron chi connectivity index (χ4n) is 4.11. The summed E-state index contributed by atoms with van der Waals surface area (Å²) in [5.74, 6) is 0. The summed E-state index contributed by atoms with van der Waals surface area (Å²) in [5.41, 5.74) is 3.95. The predicted octanol–water partition coefficient (Wildman–Crippen LogP) is 4.94. The van der Waals surface area contributed by atoms with Crippen LogP contribution >= 0.6 is 0 Å². The zero-order valence-electron chi connectivity index (χ0n) is 13.6. The van der Waals surface area contributed by atoms with Crippen molar-refractivity contribution in [3.8, 4) is 0 Å². The van der Waals surface area contributed by atoms with Crippen molar-refractivity contribution in [2.24, 2.45) is 0 Å². The molecule has 2 fully saturated rings. The van der Waals surface area contributed by atoms with Crippen LogP contribution in [0.25, 0.3) is 12.2 Å². The summed E-state index contributed by atoms with van der Waals surface area (Å²) >= 11 is 0. The van der Waals surface area contributed by atoms with Gasteiger partial charge in [-0.1, -0.05) is 42.8 Å². The van der Waals surface area contributed by atoms with Crippen molar-refractivity contribution in [2.45, 2.75) is 44.2 Å². The summed E-state index contributed by atoms with van der Waals surface area (Å²) in [5, 5.41) is 0. The molecule has 3 heterocycles. The molecule has 118 valence electrons. The topological polar surface area (TPSA) is 16.1 Å². The fourth-order valence-corrected chi connectivity index (χ4v) is 4.11. The number of hydrogen-bond acceptors (Lipinski definition) is 2. The van der Waals surface area contributed by atoms with E-state index < -0.39 is 0 Å². The molecule has 2 aromatic rings. The first-order chi connectivity index (χ1) is 11.4. The summed E-state index contributed by atoms with van der Waals surface area (Å²) < 4.78 is 0. The lowest BCUT2D eigenvalue weighted by Gasteiger charge is -2.34. The van der Waals surface area contributed by atoms with E-state index in [-0.39, 0.29) is 0 Å². The number of fused-ring (bicyclic) bond motifs is 1. The van der Waals surface area contributed by atoms with E-state index in [0.29, 0.717) is 6.04 Å². The van der Waals surface area contributed by atoms with Gasteiger partial charge in [-0.2, -0.15) is 0 Å². The highest BCUT2D eigenvalue weighted by Gasteiger charge is 2.35. The number of aromatic nitrogens is 1. The smallest absolute Gasteiger partial charge is 0.0351 e. The van der Waals surface area contributed by atoms with E-state index in [9.17, 15) is 0 Å². The SMILES string of the molecule is C(=Cc1ccc([C@@H]2CCC3CCCCN32)cc1)c1ccncc1. The van der Waals surface area contributed by atoms with Gasteiger partial charge < -0.3 is 0 Å². The van der Waals surface area contributed by atoms with Gasteiger partial charge in [0, 0.05) is 24.5 Å². The monoisotopic (exact) mass is 304 g/mol. The van der Waals surface area contributed by atoms with Crippen molar-refractivity contribution >= 4 is 12.2 Å². The van der Waals surface area contributed by atoms with Crippen LogP contribution in [-0.4, -0.2) is 22.5 Å². The second-order valence-electron chi connectivity index (χ2n) is 6.76. The van der Waals surface area contributed by atoms with Crippen LogP contribution in [0.5, 0.6) is 0 Å². The molecule has 2 aliphatic rings. The van der Waals surface area contributed by atoms with Crippen molar-refractivity contribution in [1.82, 2.24) is 9.88 Å². The van der Waals surface area contributed by atoms with Gasteiger partial charge in [-0.25, -0.2) is 0 Å². The Bertz CT molecular complexity index is 660. The number of nitrogens with zero attached hydrogens (tertiary/aromatic N) is 2. The number of pyridine rings is 1. The molecular formula is C21H24N2. The highest BCUT2D eigenvalue weighted by molar-refractivity contribution is 5.69. The Kier molecular flexibility index (Phi) is 4.25. The maximum Gasteiger partial charge on any atom is 0.0351 e. The third kappa shape index (κ3) is 3.23. The van der Waals surface area contributed by atoms with Gasteiger partial charge in [0.25, 0.3) is 0 Å². The molecule has 0 radical (unpaired) electrons. The third-order valence-electron chi connectivity index (χ3n) is 5.34. The molecule has 1 aromatic carbocycles. The second kappa shape index (κ2) is 6.67. The molecule has 4 rings (SSSR count). The summed E-state index contributed by atoms with van der Waals surface area (Å²) in [6.45, 7) is 1.29. The molecule has 2 nitrogen and oxygen atoms in total. The van der Waals surface area contributed by atoms with Gasteiger partial charge in [0.2, 0.25) is 0 Å². The van der Waals surface area contributed by atoms with E-state index in [2.05, 4.69) is 46.3 Å². The lowest BCUT2D eigenvalue weighted by Crippen LogP contribution is -2.35. The molecule has 0 bridgehead atoms. The van der Waals surface area contributed by atoms with Gasteiger partial charge in [0.1, 0.15) is 0 Å². The van der Waals surface area contributed by atoms with Crippen LogP contribution in [0.15, 0.2) is 48.8 Å². The summed E-state index contributed by atoms with van der Waals surface area (Å²) in [6.07, 6.45) is 14.9. The Labute approximate surface area is 138 Å². The molecule has 0 aliphatic carbocycles. The van der Waals surface area contributed by atoms with Crippen LogP contribution < -0.4 is 0 Å². The highest BCUT2D eigenvalue weighted by Crippen LogP contribution is 2.40. The second-order valence-corrected chi connectivity index (χ2v) is 6.76. The Balaban J connectivity index is 1.47. The van der Waals surface area contributed by atoms with Crippen LogP contribution in [0.1, 0.15) is 54.8 Å². The molecule has 1 unspecified atom stereocenters. The maximum atomic E-state index is 4.05. The Morgan fingerprint density at radius 1 is 0.826 bits per heavy atom. The minimum Gasteiger partial charge on any atom is -0.293 e. The van der Waals surface area contributed by atoms with Crippen molar-refractivity contribution in [1.29, 1.82) is 0 Å². The zero-order chi connectivity index (χ0) is 15.5. The van der Waals surface area contributed by atoms with Crippen LogP contribution in [0, 0.1) is 0 Å². The minimum absolute atomic E-state index is 0.651. The molecule has 0 saturated carbocycles. The first-order valence-electron chi connectivity index (χ1n) is 8.84. The van der Waals surface area contributed by atoms with Crippen molar-refractivity contribution in [2.75, 3.05) is 6.54 Å². The summed E-state index contributed by atoms with van der Waals surface area (Å²) in [6, 6.07) is 14.7. The quantitative estimate of drug-likeness (QED) is 0.798. The maximum absolute atomic E-state index is 4.05. The van der Waals surface area contributed by atoms with Crippen molar-refractivity contribution < 1.29 is 0 Å². The molecule has 0 N–H and O–H groups in total. The Hall–Kier alpha value is -1.93. The average Bonchev–Trinajstić information content (AvgIpc) is 3.05. The predicted molar refractivity (Wildman–Crippen MR) is 95.9 cm³/mol. The number of benzene rings is 1. The summed E-state index contributed by atoms with van der Waals surface area (Å²) in [7, 11) is 0. The summed E-state index contributed by atoms with van der Waals surface area (Å²) in [4.78, 5) is 6.81. The largest absolute Gasteiger partial charge is 0.293 e. The van der Waals surface area contributed by atoms with Crippen LogP contribution in [0.4, 0.5) is 0 Å². The first-order valence-corrected chi connectivity index (χ1v) is 8.84. The van der Waals surface area contributed by atoms with Gasteiger partial charge in [-0.15, -0.1) is 0 Å². The average molecular weight is 304 g/mol. The standard InChI is InChI=1S/C21H24N2/c1-2-16-23-20(3-1)10-11-21(23)19-8-6-17(7-9-19)4-5-18-12-14-22-15-13-18/h4-9,12-15,20-21H,1-3,10-11,16H2/t20?,21-/m0/s1.